The van der Waals surface area contributed by atoms with Crippen LogP contribution in [0.2, 0.25) is 5.02 Å². The molecule has 0 radical (unpaired) electrons. The van der Waals surface area contributed by atoms with Crippen molar-refractivity contribution in [3.8, 4) is 0 Å². The minimum atomic E-state index is -0.504. The fraction of sp³-hybridized carbons (Fsp3) is 0. The first-order valence-corrected chi connectivity index (χ1v) is 6.67. The van der Waals surface area contributed by atoms with Crippen molar-refractivity contribution in [2.75, 3.05) is 5.32 Å². The zero-order valence-electron chi connectivity index (χ0n) is 11.3. The maximum absolute atomic E-state index is 11.7. The van der Waals surface area contributed by atoms with Crippen LogP contribution < -0.4 is 10.6 Å². The van der Waals surface area contributed by atoms with E-state index in [-0.39, 0.29) is 5.69 Å². The number of amides is 2. The number of nitrogens with one attached hydrogen (secondary N) is 2. The van der Waals surface area contributed by atoms with Crippen LogP contribution >= 0.6 is 11.6 Å². The zero-order valence-corrected chi connectivity index (χ0v) is 12.1. The summed E-state index contributed by atoms with van der Waals surface area (Å²) in [6, 6.07) is 12.3. The molecule has 22 heavy (non-hydrogen) atoms. The second-order valence-corrected chi connectivity index (χ2v) is 4.66. The first-order chi connectivity index (χ1) is 10.6. The predicted molar refractivity (Wildman–Crippen MR) is 85.7 cm³/mol. The van der Waals surface area contributed by atoms with Gasteiger partial charge in [-0.1, -0.05) is 29.8 Å². The van der Waals surface area contributed by atoms with Crippen molar-refractivity contribution in [1.82, 2.24) is 5.32 Å². The Hall–Kier alpha value is -2.86. The molecule has 7 heteroatoms. The van der Waals surface area contributed by atoms with Gasteiger partial charge in [0.2, 0.25) is 0 Å². The Morgan fingerprint density at radius 3 is 2.45 bits per heavy atom. The number of benzene rings is 2. The van der Waals surface area contributed by atoms with Gasteiger partial charge in [-0.25, -0.2) is 4.79 Å². The number of carbonyl (C=O) groups is 1. The topological polar surface area (TPSA) is 84.3 Å². The third-order valence-electron chi connectivity index (χ3n) is 2.72. The summed E-state index contributed by atoms with van der Waals surface area (Å²) in [5.41, 5.74) is 1.19. The Labute approximate surface area is 131 Å². The maximum Gasteiger partial charge on any atom is 0.323 e. The van der Waals surface area contributed by atoms with Gasteiger partial charge in [0.25, 0.3) is 5.69 Å². The van der Waals surface area contributed by atoms with E-state index in [1.165, 1.54) is 30.5 Å². The summed E-state index contributed by atoms with van der Waals surface area (Å²) < 4.78 is 0. The molecule has 0 unspecified atom stereocenters. The van der Waals surface area contributed by atoms with Crippen molar-refractivity contribution in [2.45, 2.75) is 0 Å². The average Bonchev–Trinajstić information content (AvgIpc) is 2.50. The van der Waals surface area contributed by atoms with Gasteiger partial charge in [-0.15, -0.1) is 0 Å². The minimum absolute atomic E-state index is 0.0374. The molecular formula is C15H12ClN3O3. The molecule has 0 bridgehead atoms. The van der Waals surface area contributed by atoms with Gasteiger partial charge < -0.3 is 10.6 Å². The van der Waals surface area contributed by atoms with E-state index >= 15 is 0 Å². The lowest BCUT2D eigenvalue weighted by molar-refractivity contribution is -0.384. The Morgan fingerprint density at radius 2 is 1.82 bits per heavy atom. The standard InChI is InChI=1S/C15H12ClN3O3/c16-14-4-2-1-3-11(14)9-10-17-15(20)18-12-5-7-13(8-6-12)19(21)22/h1-10H,(H2,17,18,20)/b10-9+. The molecule has 0 aliphatic heterocycles. The van der Waals surface area contributed by atoms with Crippen molar-refractivity contribution in [3.05, 3.63) is 75.4 Å². The van der Waals surface area contributed by atoms with E-state index in [1.807, 2.05) is 18.2 Å². The highest BCUT2D eigenvalue weighted by molar-refractivity contribution is 6.32. The molecule has 6 nitrogen and oxygen atoms in total. The van der Waals surface area contributed by atoms with Gasteiger partial charge in [0, 0.05) is 29.0 Å². The molecule has 0 spiro atoms. The lowest BCUT2D eigenvalue weighted by atomic mass is 10.2. The van der Waals surface area contributed by atoms with Gasteiger partial charge in [0.1, 0.15) is 0 Å². The van der Waals surface area contributed by atoms with Crippen LogP contribution in [0.3, 0.4) is 0 Å². The van der Waals surface area contributed by atoms with Crippen LogP contribution in [0.5, 0.6) is 0 Å². The summed E-state index contributed by atoms with van der Waals surface area (Å²) in [5, 5.41) is 16.2. The minimum Gasteiger partial charge on any atom is -0.314 e. The fourth-order valence-electron chi connectivity index (χ4n) is 1.65. The third kappa shape index (κ3) is 4.32. The van der Waals surface area contributed by atoms with E-state index < -0.39 is 11.0 Å². The number of hydrogen-bond acceptors (Lipinski definition) is 3. The summed E-state index contributed by atoms with van der Waals surface area (Å²) in [6.45, 7) is 0. The molecule has 112 valence electrons. The first-order valence-electron chi connectivity index (χ1n) is 6.29. The van der Waals surface area contributed by atoms with Crippen LogP contribution in [-0.2, 0) is 0 Å². The van der Waals surface area contributed by atoms with Crippen LogP contribution in [0.15, 0.2) is 54.7 Å². The first kappa shape index (κ1) is 15.5. The maximum atomic E-state index is 11.7. The average molecular weight is 318 g/mol. The number of nitrogens with zero attached hydrogens (tertiary/aromatic N) is 1. The second-order valence-electron chi connectivity index (χ2n) is 4.26. The van der Waals surface area contributed by atoms with E-state index in [0.717, 1.165) is 5.56 Å². The van der Waals surface area contributed by atoms with Crippen LogP contribution in [0.1, 0.15) is 5.56 Å². The molecule has 2 N–H and O–H groups in total. The SMILES string of the molecule is O=C(N/C=C/c1ccccc1Cl)Nc1ccc([N+](=O)[O-])cc1. The fourth-order valence-corrected chi connectivity index (χ4v) is 1.85. The van der Waals surface area contributed by atoms with Gasteiger partial charge in [-0.3, -0.25) is 10.1 Å². The van der Waals surface area contributed by atoms with Gasteiger partial charge in [0.05, 0.1) is 4.92 Å². The highest BCUT2D eigenvalue weighted by atomic mass is 35.5. The van der Waals surface area contributed by atoms with Crippen LogP contribution in [0.25, 0.3) is 6.08 Å². The van der Waals surface area contributed by atoms with Crippen molar-refractivity contribution in [1.29, 1.82) is 0 Å². The number of rotatable bonds is 4. The summed E-state index contributed by atoms with van der Waals surface area (Å²) in [6.07, 6.45) is 3.12. The quantitative estimate of drug-likeness (QED) is 0.659. The molecule has 2 amide bonds. The lowest BCUT2D eigenvalue weighted by Crippen LogP contribution is -2.23. The molecule has 0 aliphatic rings. The molecule has 0 saturated heterocycles. The second kappa shape index (κ2) is 7.24. The molecule has 2 rings (SSSR count). The van der Waals surface area contributed by atoms with E-state index in [0.29, 0.717) is 10.7 Å². The number of halogens is 1. The van der Waals surface area contributed by atoms with E-state index in [2.05, 4.69) is 10.6 Å². The highest BCUT2D eigenvalue weighted by Gasteiger charge is 2.05. The number of nitro benzene ring substituents is 1. The van der Waals surface area contributed by atoms with E-state index in [1.54, 1.807) is 12.1 Å². The molecule has 2 aromatic rings. The molecule has 0 heterocycles. The number of carbonyl (C=O) groups excluding carboxylic acids is 1. The van der Waals surface area contributed by atoms with E-state index in [4.69, 9.17) is 11.6 Å². The van der Waals surface area contributed by atoms with Crippen LogP contribution in [0, 0.1) is 10.1 Å². The van der Waals surface area contributed by atoms with Gasteiger partial charge in [-0.2, -0.15) is 0 Å². The molecule has 2 aromatic carbocycles. The van der Waals surface area contributed by atoms with Gasteiger partial charge in [-0.05, 0) is 29.8 Å². The summed E-state index contributed by atoms with van der Waals surface area (Å²) in [5.74, 6) is 0. The van der Waals surface area contributed by atoms with Crippen molar-refractivity contribution in [2.24, 2.45) is 0 Å². The number of non-ortho nitro benzene ring substituents is 1. The largest absolute Gasteiger partial charge is 0.323 e. The Morgan fingerprint density at radius 1 is 1.14 bits per heavy atom. The van der Waals surface area contributed by atoms with Crippen LogP contribution in [-0.4, -0.2) is 11.0 Å². The molecule has 0 fully saturated rings. The smallest absolute Gasteiger partial charge is 0.314 e. The van der Waals surface area contributed by atoms with Gasteiger partial charge in [0.15, 0.2) is 0 Å². The number of anilines is 1. The summed E-state index contributed by atoms with van der Waals surface area (Å²) in [7, 11) is 0. The molecule has 0 atom stereocenters. The summed E-state index contributed by atoms with van der Waals surface area (Å²) >= 11 is 5.98. The van der Waals surface area contributed by atoms with Crippen molar-refractivity contribution >= 4 is 35.1 Å². The summed E-state index contributed by atoms with van der Waals surface area (Å²) in [4.78, 5) is 21.7. The highest BCUT2D eigenvalue weighted by Crippen LogP contribution is 2.16. The normalized spacial score (nSPS) is 10.4. The number of nitro groups is 1. The van der Waals surface area contributed by atoms with Crippen molar-refractivity contribution < 1.29 is 9.72 Å². The van der Waals surface area contributed by atoms with Gasteiger partial charge >= 0.3 is 6.03 Å². The Kier molecular flexibility index (Phi) is 5.11. The molecule has 0 aromatic heterocycles. The third-order valence-corrected chi connectivity index (χ3v) is 3.06. The predicted octanol–water partition coefficient (Wildman–Crippen LogP) is 4.04. The van der Waals surface area contributed by atoms with Crippen molar-refractivity contribution in [3.63, 3.8) is 0 Å². The molecule has 0 aliphatic carbocycles. The van der Waals surface area contributed by atoms with Crippen LogP contribution in [0.4, 0.5) is 16.2 Å². The number of hydrogen-bond donors (Lipinski definition) is 2. The molecule has 0 saturated carbocycles. The van der Waals surface area contributed by atoms with E-state index in [9.17, 15) is 14.9 Å². The Bertz CT molecular complexity index is 714. The molecular weight excluding hydrogens is 306 g/mol. The zero-order chi connectivity index (χ0) is 15.9. The Balaban J connectivity index is 1.90. The lowest BCUT2D eigenvalue weighted by Gasteiger charge is -2.04. The number of urea groups is 1. The monoisotopic (exact) mass is 317 g/mol.